The average molecular weight is 270 g/mol. The van der Waals surface area contributed by atoms with Gasteiger partial charge in [-0.15, -0.1) is 0 Å². The molecule has 1 aromatic carbocycles. The average Bonchev–Trinajstić information content (AvgIpc) is 2.86. The van der Waals surface area contributed by atoms with Crippen molar-refractivity contribution in [1.82, 2.24) is 0 Å². The zero-order valence-corrected chi connectivity index (χ0v) is 11.9. The second-order valence-electron chi connectivity index (χ2n) is 4.69. The van der Waals surface area contributed by atoms with Gasteiger partial charge in [0.25, 0.3) is 0 Å². The van der Waals surface area contributed by atoms with E-state index >= 15 is 0 Å². The highest BCUT2D eigenvalue weighted by molar-refractivity contribution is 6.02. The molecule has 4 nitrogen and oxygen atoms in total. The van der Waals surface area contributed by atoms with Crippen molar-refractivity contribution in [2.75, 3.05) is 24.3 Å². The number of aryl methyl sites for hydroxylation is 1. The van der Waals surface area contributed by atoms with Crippen LogP contribution in [0.15, 0.2) is 53.1 Å². The molecular formula is C16H18N2O2. The predicted octanol–water partition coefficient (Wildman–Crippen LogP) is 3.46. The summed E-state index contributed by atoms with van der Waals surface area (Å²) in [4.78, 5) is 13.8. The molecule has 0 fully saturated rings. The van der Waals surface area contributed by atoms with Crippen LogP contribution in [0.4, 0.5) is 11.4 Å². The molecule has 2 rings (SSSR count). The van der Waals surface area contributed by atoms with Crippen LogP contribution in [0.1, 0.15) is 16.3 Å². The van der Waals surface area contributed by atoms with Gasteiger partial charge < -0.3 is 14.6 Å². The number of ketones is 1. The molecule has 1 heterocycles. The Kier molecular flexibility index (Phi) is 4.25. The quantitative estimate of drug-likeness (QED) is 0.667. The molecule has 20 heavy (non-hydrogen) atoms. The Hall–Kier alpha value is -2.49. The van der Waals surface area contributed by atoms with E-state index in [0.29, 0.717) is 5.76 Å². The number of hydrogen-bond donors (Lipinski definition) is 1. The summed E-state index contributed by atoms with van der Waals surface area (Å²) in [5.41, 5.74) is 2.05. The number of carbonyl (C=O) groups is 1. The normalized spacial score (nSPS) is 10.8. The monoisotopic (exact) mass is 270 g/mol. The van der Waals surface area contributed by atoms with Gasteiger partial charge in [0.2, 0.25) is 5.78 Å². The fraction of sp³-hybridized carbons (Fsp3) is 0.188. The van der Waals surface area contributed by atoms with Crippen molar-refractivity contribution in [2.45, 2.75) is 6.92 Å². The van der Waals surface area contributed by atoms with Gasteiger partial charge in [-0.1, -0.05) is 0 Å². The lowest BCUT2D eigenvalue weighted by Crippen LogP contribution is -2.08. The first-order valence-electron chi connectivity index (χ1n) is 6.37. The van der Waals surface area contributed by atoms with Gasteiger partial charge in [-0.2, -0.15) is 0 Å². The van der Waals surface area contributed by atoms with Crippen LogP contribution in [0.25, 0.3) is 0 Å². The Labute approximate surface area is 118 Å². The lowest BCUT2D eigenvalue weighted by molar-refractivity contribution is 0.102. The third kappa shape index (κ3) is 3.51. The van der Waals surface area contributed by atoms with Crippen molar-refractivity contribution in [3.05, 3.63) is 60.2 Å². The van der Waals surface area contributed by atoms with E-state index < -0.39 is 0 Å². The topological polar surface area (TPSA) is 45.5 Å². The minimum Gasteiger partial charge on any atom is -0.458 e. The summed E-state index contributed by atoms with van der Waals surface area (Å²) in [6.07, 6.45) is 3.07. The van der Waals surface area contributed by atoms with E-state index in [1.807, 2.05) is 50.2 Å². The van der Waals surface area contributed by atoms with E-state index in [9.17, 15) is 4.79 Å². The molecule has 4 heteroatoms. The summed E-state index contributed by atoms with van der Waals surface area (Å²) in [7, 11) is 3.98. The van der Waals surface area contributed by atoms with Crippen molar-refractivity contribution in [1.29, 1.82) is 0 Å². The Bertz CT molecular complexity index is 610. The van der Waals surface area contributed by atoms with Gasteiger partial charge >= 0.3 is 0 Å². The first kappa shape index (κ1) is 13.9. The number of furan rings is 1. The molecule has 1 N–H and O–H groups in total. The van der Waals surface area contributed by atoms with Crippen molar-refractivity contribution < 1.29 is 9.21 Å². The zero-order valence-electron chi connectivity index (χ0n) is 11.9. The fourth-order valence-corrected chi connectivity index (χ4v) is 1.72. The first-order valence-corrected chi connectivity index (χ1v) is 6.37. The third-order valence-electron chi connectivity index (χ3n) is 2.85. The molecule has 1 aromatic heterocycles. The van der Waals surface area contributed by atoms with Gasteiger partial charge in [0, 0.05) is 37.7 Å². The number of allylic oxidation sites excluding steroid dienone is 1. The summed E-state index contributed by atoms with van der Waals surface area (Å²) in [6, 6.07) is 11.4. The van der Waals surface area contributed by atoms with E-state index in [1.54, 1.807) is 18.3 Å². The molecule has 0 saturated heterocycles. The Morgan fingerprint density at radius 2 is 1.85 bits per heavy atom. The van der Waals surface area contributed by atoms with Gasteiger partial charge in [0.1, 0.15) is 5.76 Å². The largest absolute Gasteiger partial charge is 0.458 e. The fourth-order valence-electron chi connectivity index (χ4n) is 1.72. The molecular weight excluding hydrogens is 252 g/mol. The van der Waals surface area contributed by atoms with Crippen LogP contribution in [-0.2, 0) is 0 Å². The van der Waals surface area contributed by atoms with Crippen LogP contribution < -0.4 is 10.2 Å². The molecule has 0 aliphatic carbocycles. The minimum absolute atomic E-state index is 0.157. The van der Waals surface area contributed by atoms with Crippen LogP contribution in [-0.4, -0.2) is 19.9 Å². The standard InChI is InChI=1S/C16H18N2O2/c1-12-4-9-16(20-12)15(19)10-11-17-13-5-7-14(8-6-13)18(2)3/h4-11,17H,1-3H3. The van der Waals surface area contributed by atoms with Crippen LogP contribution in [0, 0.1) is 6.92 Å². The van der Waals surface area contributed by atoms with Gasteiger partial charge in [0.15, 0.2) is 5.76 Å². The second-order valence-corrected chi connectivity index (χ2v) is 4.69. The highest BCUT2D eigenvalue weighted by atomic mass is 16.3. The van der Waals surface area contributed by atoms with Crippen molar-refractivity contribution in [3.8, 4) is 0 Å². The van der Waals surface area contributed by atoms with Gasteiger partial charge in [0.05, 0.1) is 0 Å². The van der Waals surface area contributed by atoms with Crippen LogP contribution in [0.2, 0.25) is 0 Å². The molecule has 2 aromatic rings. The number of carbonyl (C=O) groups excluding carboxylic acids is 1. The van der Waals surface area contributed by atoms with E-state index in [0.717, 1.165) is 17.1 Å². The summed E-state index contributed by atoms with van der Waals surface area (Å²) in [5, 5.41) is 3.06. The van der Waals surface area contributed by atoms with E-state index in [1.165, 1.54) is 6.08 Å². The zero-order chi connectivity index (χ0) is 14.5. The Morgan fingerprint density at radius 3 is 2.40 bits per heavy atom. The number of nitrogens with one attached hydrogen (secondary N) is 1. The van der Waals surface area contributed by atoms with E-state index in [4.69, 9.17) is 4.42 Å². The molecule has 0 atom stereocenters. The molecule has 0 bridgehead atoms. The van der Waals surface area contributed by atoms with Gasteiger partial charge in [-0.3, -0.25) is 4.79 Å². The first-order chi connectivity index (χ1) is 9.56. The van der Waals surface area contributed by atoms with Crippen molar-refractivity contribution >= 4 is 17.2 Å². The number of rotatable bonds is 5. The molecule has 104 valence electrons. The molecule has 0 aliphatic heterocycles. The lowest BCUT2D eigenvalue weighted by Gasteiger charge is -2.12. The molecule has 0 saturated carbocycles. The van der Waals surface area contributed by atoms with Gasteiger partial charge in [-0.25, -0.2) is 0 Å². The summed E-state index contributed by atoms with van der Waals surface area (Å²) < 4.78 is 5.26. The van der Waals surface area contributed by atoms with Crippen LogP contribution in [0.3, 0.4) is 0 Å². The van der Waals surface area contributed by atoms with Crippen molar-refractivity contribution in [2.24, 2.45) is 0 Å². The summed E-state index contributed by atoms with van der Waals surface area (Å²) in [5.74, 6) is 0.924. The summed E-state index contributed by atoms with van der Waals surface area (Å²) >= 11 is 0. The van der Waals surface area contributed by atoms with E-state index in [2.05, 4.69) is 5.32 Å². The molecule has 0 unspecified atom stereocenters. The molecule has 0 aliphatic rings. The smallest absolute Gasteiger partial charge is 0.222 e. The lowest BCUT2D eigenvalue weighted by atomic mass is 10.2. The number of hydrogen-bond acceptors (Lipinski definition) is 4. The summed E-state index contributed by atoms with van der Waals surface area (Å²) in [6.45, 7) is 1.81. The second kappa shape index (κ2) is 6.10. The maximum Gasteiger partial charge on any atom is 0.222 e. The maximum absolute atomic E-state index is 11.8. The number of benzene rings is 1. The minimum atomic E-state index is -0.157. The maximum atomic E-state index is 11.8. The molecule has 0 amide bonds. The Morgan fingerprint density at radius 1 is 1.15 bits per heavy atom. The highest BCUT2D eigenvalue weighted by Crippen LogP contribution is 2.15. The Balaban J connectivity index is 1.94. The van der Waals surface area contributed by atoms with Crippen LogP contribution >= 0.6 is 0 Å². The van der Waals surface area contributed by atoms with Crippen LogP contribution in [0.5, 0.6) is 0 Å². The third-order valence-corrected chi connectivity index (χ3v) is 2.85. The van der Waals surface area contributed by atoms with E-state index in [-0.39, 0.29) is 5.78 Å². The van der Waals surface area contributed by atoms with Crippen molar-refractivity contribution in [3.63, 3.8) is 0 Å². The number of anilines is 2. The molecule has 0 spiro atoms. The highest BCUT2D eigenvalue weighted by Gasteiger charge is 2.05. The molecule has 0 radical (unpaired) electrons. The SMILES string of the molecule is Cc1ccc(C(=O)C=CNc2ccc(N(C)C)cc2)o1. The van der Waals surface area contributed by atoms with Gasteiger partial charge in [-0.05, 0) is 43.3 Å². The predicted molar refractivity (Wildman–Crippen MR) is 81.3 cm³/mol. The number of nitrogens with zero attached hydrogens (tertiary/aromatic N) is 1.